The molecule has 0 spiro atoms. The van der Waals surface area contributed by atoms with Gasteiger partial charge in [0.15, 0.2) is 0 Å². The van der Waals surface area contributed by atoms with Gasteiger partial charge in [0.2, 0.25) is 5.91 Å². The number of nitrogens with two attached hydrogens (primary N) is 1. The molecule has 2 rings (SSSR count). The van der Waals surface area contributed by atoms with Gasteiger partial charge in [-0.1, -0.05) is 26.2 Å². The number of halogens is 1. The average molecular weight is 347 g/mol. The van der Waals surface area contributed by atoms with Gasteiger partial charge in [-0.05, 0) is 38.1 Å². The highest BCUT2D eigenvalue weighted by molar-refractivity contribution is 5.95. The molecule has 3 amide bonds. The standard InChI is InChI=1S/C16H30N4O2.ClH/c1-12-7-8-20(14(9-12)10-17)11-15(21)19-16(22)18-13-5-3-2-4-6-13;/h12-14H,2-11,17H2,1H3,(H2,18,19,21,22);1H. The number of carbonyl (C=O) groups excluding carboxylic acids is 2. The molecule has 0 radical (unpaired) electrons. The third-order valence-electron chi connectivity index (χ3n) is 4.91. The van der Waals surface area contributed by atoms with Crippen molar-refractivity contribution in [2.24, 2.45) is 11.7 Å². The Morgan fingerprint density at radius 3 is 2.52 bits per heavy atom. The lowest BCUT2D eigenvalue weighted by Gasteiger charge is -2.37. The Labute approximate surface area is 145 Å². The number of hydrogen-bond donors (Lipinski definition) is 3. The molecule has 1 saturated heterocycles. The Kier molecular flexibility index (Phi) is 8.87. The number of carbonyl (C=O) groups is 2. The molecular weight excluding hydrogens is 316 g/mol. The van der Waals surface area contributed by atoms with Crippen LogP contribution < -0.4 is 16.4 Å². The number of likely N-dealkylation sites (tertiary alicyclic amines) is 1. The van der Waals surface area contributed by atoms with Crippen LogP contribution in [-0.2, 0) is 4.79 Å². The summed E-state index contributed by atoms with van der Waals surface area (Å²) in [5.41, 5.74) is 5.80. The van der Waals surface area contributed by atoms with Crippen LogP contribution in [-0.4, -0.2) is 48.6 Å². The molecule has 1 aliphatic carbocycles. The summed E-state index contributed by atoms with van der Waals surface area (Å²) in [4.78, 5) is 26.0. The maximum Gasteiger partial charge on any atom is 0.321 e. The van der Waals surface area contributed by atoms with Crippen LogP contribution in [0, 0.1) is 5.92 Å². The van der Waals surface area contributed by atoms with Gasteiger partial charge in [0.05, 0.1) is 6.54 Å². The summed E-state index contributed by atoms with van der Waals surface area (Å²) in [5.74, 6) is 0.420. The highest BCUT2D eigenvalue weighted by atomic mass is 35.5. The first kappa shape index (κ1) is 20.2. The van der Waals surface area contributed by atoms with Gasteiger partial charge >= 0.3 is 6.03 Å². The predicted molar refractivity (Wildman–Crippen MR) is 93.6 cm³/mol. The molecule has 2 unspecified atom stereocenters. The van der Waals surface area contributed by atoms with Crippen LogP contribution in [0.3, 0.4) is 0 Å². The first-order chi connectivity index (χ1) is 10.6. The third-order valence-corrected chi connectivity index (χ3v) is 4.91. The lowest BCUT2D eigenvalue weighted by Crippen LogP contribution is -2.52. The lowest BCUT2D eigenvalue weighted by molar-refractivity contribution is -0.122. The van der Waals surface area contributed by atoms with Crippen molar-refractivity contribution >= 4 is 24.3 Å². The number of hydrogen-bond acceptors (Lipinski definition) is 4. The largest absolute Gasteiger partial charge is 0.335 e. The van der Waals surface area contributed by atoms with E-state index in [0.717, 1.165) is 45.1 Å². The first-order valence-electron chi connectivity index (χ1n) is 8.63. The second-order valence-corrected chi connectivity index (χ2v) is 6.85. The molecule has 7 heteroatoms. The molecule has 0 aromatic carbocycles. The molecule has 2 aliphatic rings. The van der Waals surface area contributed by atoms with E-state index in [2.05, 4.69) is 22.5 Å². The molecule has 2 fully saturated rings. The van der Waals surface area contributed by atoms with Crippen LogP contribution in [0.2, 0.25) is 0 Å². The third kappa shape index (κ3) is 6.65. The van der Waals surface area contributed by atoms with Crippen molar-refractivity contribution in [2.75, 3.05) is 19.6 Å². The molecule has 1 aliphatic heterocycles. The normalized spacial score (nSPS) is 26.2. The van der Waals surface area contributed by atoms with Crippen molar-refractivity contribution < 1.29 is 9.59 Å². The molecule has 2 atom stereocenters. The van der Waals surface area contributed by atoms with E-state index < -0.39 is 0 Å². The van der Waals surface area contributed by atoms with Gasteiger partial charge in [0.25, 0.3) is 0 Å². The van der Waals surface area contributed by atoms with Crippen molar-refractivity contribution in [3.05, 3.63) is 0 Å². The van der Waals surface area contributed by atoms with Crippen molar-refractivity contribution in [2.45, 2.75) is 64.0 Å². The molecular formula is C16H31ClN4O2. The molecule has 0 bridgehead atoms. The van der Waals surface area contributed by atoms with E-state index >= 15 is 0 Å². The summed E-state index contributed by atoms with van der Waals surface area (Å²) >= 11 is 0. The minimum Gasteiger partial charge on any atom is -0.335 e. The molecule has 6 nitrogen and oxygen atoms in total. The number of nitrogens with one attached hydrogen (secondary N) is 2. The number of urea groups is 1. The van der Waals surface area contributed by atoms with Gasteiger partial charge in [0, 0.05) is 18.6 Å². The quantitative estimate of drug-likeness (QED) is 0.722. The Hall–Kier alpha value is -0.850. The molecule has 0 aromatic rings. The fourth-order valence-corrected chi connectivity index (χ4v) is 3.57. The minimum atomic E-state index is -0.355. The van der Waals surface area contributed by atoms with Crippen LogP contribution >= 0.6 is 12.4 Å². The second kappa shape index (κ2) is 10.1. The van der Waals surface area contributed by atoms with Gasteiger partial charge in [0.1, 0.15) is 0 Å². The summed E-state index contributed by atoms with van der Waals surface area (Å²) in [5, 5.41) is 5.36. The predicted octanol–water partition coefficient (Wildman–Crippen LogP) is 1.63. The smallest absolute Gasteiger partial charge is 0.321 e. The van der Waals surface area contributed by atoms with Gasteiger partial charge in [-0.3, -0.25) is 15.0 Å². The topological polar surface area (TPSA) is 87.5 Å². The summed E-state index contributed by atoms with van der Waals surface area (Å²) in [6, 6.07) is 0.108. The zero-order valence-electron chi connectivity index (χ0n) is 14.1. The van der Waals surface area contributed by atoms with Gasteiger partial charge in [-0.15, -0.1) is 12.4 Å². The Bertz CT molecular complexity index is 388. The average Bonchev–Trinajstić information content (AvgIpc) is 2.49. The van der Waals surface area contributed by atoms with E-state index in [1.165, 1.54) is 6.42 Å². The molecule has 1 heterocycles. The maximum absolute atomic E-state index is 12.1. The molecule has 0 aromatic heterocycles. The summed E-state index contributed by atoms with van der Waals surface area (Å²) in [7, 11) is 0. The zero-order chi connectivity index (χ0) is 15.9. The summed E-state index contributed by atoms with van der Waals surface area (Å²) < 4.78 is 0. The number of rotatable bonds is 4. The van der Waals surface area contributed by atoms with Gasteiger partial charge in [-0.2, -0.15) is 0 Å². The van der Waals surface area contributed by atoms with Gasteiger partial charge in [-0.25, -0.2) is 4.79 Å². The molecule has 23 heavy (non-hydrogen) atoms. The van der Waals surface area contributed by atoms with Crippen LogP contribution in [0.4, 0.5) is 4.79 Å². The van der Waals surface area contributed by atoms with Crippen LogP contribution in [0.25, 0.3) is 0 Å². The first-order valence-corrected chi connectivity index (χ1v) is 8.63. The van der Waals surface area contributed by atoms with Crippen LogP contribution in [0.1, 0.15) is 51.9 Å². The minimum absolute atomic E-state index is 0. The van der Waals surface area contributed by atoms with Crippen molar-refractivity contribution in [1.82, 2.24) is 15.5 Å². The fraction of sp³-hybridized carbons (Fsp3) is 0.875. The number of piperidine rings is 1. The molecule has 134 valence electrons. The van der Waals surface area contributed by atoms with E-state index in [9.17, 15) is 9.59 Å². The van der Waals surface area contributed by atoms with E-state index in [1.807, 2.05) is 0 Å². The van der Waals surface area contributed by atoms with Crippen molar-refractivity contribution in [3.8, 4) is 0 Å². The van der Waals surface area contributed by atoms with Crippen molar-refractivity contribution in [1.29, 1.82) is 0 Å². The number of nitrogens with zero attached hydrogens (tertiary/aromatic N) is 1. The number of amides is 3. The monoisotopic (exact) mass is 346 g/mol. The van der Waals surface area contributed by atoms with Gasteiger partial charge < -0.3 is 11.1 Å². The van der Waals surface area contributed by atoms with E-state index in [-0.39, 0.29) is 43.0 Å². The summed E-state index contributed by atoms with van der Waals surface area (Å²) in [6.45, 7) is 3.91. The van der Waals surface area contributed by atoms with E-state index in [1.54, 1.807) is 0 Å². The molecule has 1 saturated carbocycles. The Morgan fingerprint density at radius 1 is 1.17 bits per heavy atom. The molecule has 4 N–H and O–H groups in total. The zero-order valence-corrected chi connectivity index (χ0v) is 14.9. The Morgan fingerprint density at radius 2 is 1.87 bits per heavy atom. The summed E-state index contributed by atoms with van der Waals surface area (Å²) in [6.07, 6.45) is 7.69. The fourth-order valence-electron chi connectivity index (χ4n) is 3.57. The lowest BCUT2D eigenvalue weighted by atomic mass is 9.92. The van der Waals surface area contributed by atoms with Crippen molar-refractivity contribution in [3.63, 3.8) is 0 Å². The van der Waals surface area contributed by atoms with Crippen LogP contribution in [0.15, 0.2) is 0 Å². The van der Waals surface area contributed by atoms with E-state index in [4.69, 9.17) is 5.73 Å². The highest BCUT2D eigenvalue weighted by Gasteiger charge is 2.27. The highest BCUT2D eigenvalue weighted by Crippen LogP contribution is 2.21. The second-order valence-electron chi connectivity index (χ2n) is 6.85. The SMILES string of the molecule is CC1CCN(CC(=O)NC(=O)NC2CCCCC2)C(CN)C1.Cl. The van der Waals surface area contributed by atoms with Crippen LogP contribution in [0.5, 0.6) is 0 Å². The Balaban J connectivity index is 0.00000264. The maximum atomic E-state index is 12.1. The van der Waals surface area contributed by atoms with E-state index in [0.29, 0.717) is 12.5 Å². The number of imide groups is 1.